The zero-order chi connectivity index (χ0) is 57.9. The Morgan fingerprint density at radius 1 is 0.925 bits per heavy atom. The molecule has 11 N–H and O–H groups in total. The predicted octanol–water partition coefficient (Wildman–Crippen LogP) is 0.136. The second kappa shape index (κ2) is 24.8. The number of carbonyl (C=O) groups excluding carboxylic acids is 9. The summed E-state index contributed by atoms with van der Waals surface area (Å²) in [6, 6.07) is 0.482. The monoisotopic (exact) mass is 1120 g/mol. The zero-order valence-corrected chi connectivity index (χ0v) is 45.1. The van der Waals surface area contributed by atoms with Crippen LogP contribution in [0.4, 0.5) is 10.5 Å². The minimum Gasteiger partial charge on any atom is -0.507 e. The summed E-state index contributed by atoms with van der Waals surface area (Å²) in [7, 11) is 1.51. The van der Waals surface area contributed by atoms with Gasteiger partial charge in [0.2, 0.25) is 29.5 Å². The van der Waals surface area contributed by atoms with Crippen LogP contribution in [0.15, 0.2) is 30.4 Å². The van der Waals surface area contributed by atoms with Crippen LogP contribution in [-0.4, -0.2) is 184 Å². The zero-order valence-electron chi connectivity index (χ0n) is 45.1. The van der Waals surface area contributed by atoms with E-state index >= 15 is 0 Å². The highest BCUT2D eigenvalue weighted by Crippen LogP contribution is 2.53. The van der Waals surface area contributed by atoms with E-state index in [1.54, 1.807) is 20.8 Å². The molecule has 434 valence electrons. The molecule has 2 aliphatic carbocycles. The molecule has 0 spiro atoms. The Labute approximate surface area is 460 Å². The molecule has 3 saturated heterocycles. The molecular weight excluding hydrogens is 1050 g/mol. The molecule has 26 heteroatoms. The molecular formula is C54H70N8O18. The number of hydrogen-bond acceptors (Lipinski definition) is 19. The molecule has 0 saturated carbocycles. The van der Waals surface area contributed by atoms with Gasteiger partial charge >= 0.3 is 6.03 Å². The summed E-state index contributed by atoms with van der Waals surface area (Å²) in [5.74, 6) is -7.74. The molecule has 4 heterocycles. The van der Waals surface area contributed by atoms with Crippen molar-refractivity contribution in [3.8, 4) is 11.5 Å². The van der Waals surface area contributed by atoms with Crippen LogP contribution in [0.25, 0.3) is 0 Å². The van der Waals surface area contributed by atoms with Gasteiger partial charge in [-0.15, -0.1) is 0 Å². The molecule has 3 fully saturated rings. The van der Waals surface area contributed by atoms with Crippen molar-refractivity contribution < 1.29 is 87.3 Å². The molecule has 0 bridgehead atoms. The lowest BCUT2D eigenvalue weighted by molar-refractivity contribution is -0.256. The molecule has 6 aliphatic rings. The number of anilines is 1. The van der Waals surface area contributed by atoms with Gasteiger partial charge in [0.25, 0.3) is 0 Å². The van der Waals surface area contributed by atoms with E-state index in [1.807, 2.05) is 0 Å². The number of ether oxygens (including phenoxy) is 5. The molecule has 7 amide bonds. The maximum Gasteiger partial charge on any atom is 0.312 e. The number of morpholine rings is 1. The van der Waals surface area contributed by atoms with Crippen LogP contribution in [0, 0.1) is 5.92 Å². The van der Waals surface area contributed by atoms with E-state index in [0.29, 0.717) is 39.0 Å². The number of carbonyl (C=O) groups is 9. The van der Waals surface area contributed by atoms with Crippen molar-refractivity contribution in [2.75, 3.05) is 45.2 Å². The van der Waals surface area contributed by atoms with Crippen molar-refractivity contribution in [3.63, 3.8) is 0 Å². The van der Waals surface area contributed by atoms with Gasteiger partial charge in [-0.1, -0.05) is 32.4 Å². The number of methoxy groups -OCH3 is 1. The topological polar surface area (TPSA) is 373 Å². The molecule has 80 heavy (non-hydrogen) atoms. The third-order valence-electron chi connectivity index (χ3n) is 15.5. The second-order valence-electron chi connectivity index (χ2n) is 21.3. The van der Waals surface area contributed by atoms with Crippen LogP contribution in [0.5, 0.6) is 11.5 Å². The highest BCUT2D eigenvalue weighted by atomic mass is 16.7. The van der Waals surface area contributed by atoms with E-state index in [9.17, 15) is 63.6 Å². The van der Waals surface area contributed by atoms with Gasteiger partial charge in [0, 0.05) is 81.2 Å². The van der Waals surface area contributed by atoms with Crippen molar-refractivity contribution in [1.29, 1.82) is 0 Å². The lowest BCUT2D eigenvalue weighted by Crippen LogP contribution is -2.56. The summed E-state index contributed by atoms with van der Waals surface area (Å²) >= 11 is 0. The lowest BCUT2D eigenvalue weighted by atomic mass is 9.72. The summed E-state index contributed by atoms with van der Waals surface area (Å²) in [6.45, 7) is 6.81. The summed E-state index contributed by atoms with van der Waals surface area (Å²) in [6.07, 6.45) is -1.98. The number of amides is 7. The molecule has 1 unspecified atom stereocenters. The van der Waals surface area contributed by atoms with Crippen molar-refractivity contribution in [2.45, 2.75) is 153 Å². The van der Waals surface area contributed by atoms with E-state index in [4.69, 9.17) is 29.4 Å². The quantitative estimate of drug-likeness (QED) is 0.0472. The standard InChI is InChI=1S/C54H70N8O18/c1-25(2)43(60-34(64)14-7-6-8-18-62-36(66)15-16-37(62)67)50(73)59-31(13-10-17-56-53(55)74)49(72)57-24-35(65)58-30-12-9-11-28-39(30)46(70)42-41(44(28)68)45(69)29-22-54(75,27(4)63)23-33(40(29)47(42)71)79-38-21-32-48(26(3)78-38)80-51-52(76-5)77-20-19-61(32)51/h9,11-12,15-16,25-26,31-33,36,38,43,48,51-52,66,69,71,75H,6-8,10,13-14,17-24H2,1-5H3,(H,57,72)(H,58,65)(H,59,73)(H,60,64)(H3,55,56,74)/t26-,31-,32-,33-,36?,38-,43-,48+,51+,52-,54-/m0/s1. The summed E-state index contributed by atoms with van der Waals surface area (Å²) in [5, 5.41) is 58.6. The maximum atomic E-state index is 14.8. The minimum atomic E-state index is -2.14. The van der Waals surface area contributed by atoms with Gasteiger partial charge in [-0.2, -0.15) is 0 Å². The Morgan fingerprint density at radius 3 is 2.36 bits per heavy atom. The fourth-order valence-corrected chi connectivity index (χ4v) is 11.4. The van der Waals surface area contributed by atoms with Crippen molar-refractivity contribution in [3.05, 3.63) is 63.7 Å². The highest BCUT2D eigenvalue weighted by Gasteiger charge is 2.55. The Balaban J connectivity index is 0.954. The molecule has 4 aliphatic heterocycles. The molecule has 26 nitrogen and oxygen atoms in total. The van der Waals surface area contributed by atoms with Crippen LogP contribution >= 0.6 is 0 Å². The van der Waals surface area contributed by atoms with Crippen molar-refractivity contribution in [1.82, 2.24) is 31.1 Å². The smallest absolute Gasteiger partial charge is 0.312 e. The number of urea groups is 1. The number of hydrogen-bond donors (Lipinski definition) is 10. The molecule has 11 atom stereocenters. The maximum absolute atomic E-state index is 14.8. The number of unbranched alkanes of at least 4 members (excludes halogenated alkanes) is 2. The number of ketones is 3. The average molecular weight is 1120 g/mol. The third-order valence-corrected chi connectivity index (χ3v) is 15.5. The van der Waals surface area contributed by atoms with E-state index in [-0.39, 0.29) is 72.1 Å². The minimum absolute atomic E-state index is 0.0250. The van der Waals surface area contributed by atoms with Gasteiger partial charge in [0.1, 0.15) is 41.5 Å². The van der Waals surface area contributed by atoms with E-state index in [2.05, 4.69) is 31.5 Å². The number of rotatable bonds is 22. The van der Waals surface area contributed by atoms with Crippen LogP contribution in [0.2, 0.25) is 0 Å². The second-order valence-corrected chi connectivity index (χ2v) is 21.3. The molecule has 2 aromatic carbocycles. The molecule has 8 rings (SSSR count). The number of nitrogens with two attached hydrogens (primary N) is 1. The summed E-state index contributed by atoms with van der Waals surface area (Å²) < 4.78 is 30.4. The predicted molar refractivity (Wildman–Crippen MR) is 278 cm³/mol. The van der Waals surface area contributed by atoms with Crippen LogP contribution in [-0.2, 0) is 58.9 Å². The molecule has 0 aromatic heterocycles. The number of Topliss-reactive ketones (excluding diaryl/α,β-unsaturated/α-hetero) is 1. The van der Waals surface area contributed by atoms with E-state index in [0.717, 1.165) is 6.92 Å². The molecule has 2 aromatic rings. The Morgan fingerprint density at radius 2 is 1.68 bits per heavy atom. The van der Waals surface area contributed by atoms with E-state index in [1.165, 1.54) is 42.4 Å². The van der Waals surface area contributed by atoms with Gasteiger partial charge in [0.15, 0.2) is 36.2 Å². The van der Waals surface area contributed by atoms with Crippen LogP contribution in [0.1, 0.15) is 128 Å². The Bertz CT molecular complexity index is 2830. The number of aromatic hydroxyl groups is 2. The largest absolute Gasteiger partial charge is 0.507 e. The van der Waals surface area contributed by atoms with Gasteiger partial charge in [-0.3, -0.25) is 43.3 Å². The van der Waals surface area contributed by atoms with Crippen LogP contribution < -0.4 is 32.3 Å². The lowest BCUT2D eigenvalue weighted by Gasteiger charge is -2.43. The van der Waals surface area contributed by atoms with Gasteiger partial charge in [0.05, 0.1) is 47.7 Å². The number of nitrogens with one attached hydrogen (secondary N) is 5. The first-order valence-electron chi connectivity index (χ1n) is 26.8. The SMILES string of the molecule is CO[C@H]1OCCN2[C@@H]1O[C@@H]1[C@H](C)O[C@@H](O[C@H]3C[C@](O)(C(C)=O)Cc4c(O)c5c(c(O)c43)C(=O)c3c(NC(=O)CNC(=O)[C@H](CCCNC(N)=O)NC(=O)[C@@H](NC(=O)CCCCCN4C(=O)C=CC4O)C(C)C)cccc3C5=O)C[C@@H]12. The van der Waals surface area contributed by atoms with E-state index < -0.39 is 156 Å². The fraction of sp³-hybridized carbons (Fsp3) is 0.574. The highest BCUT2D eigenvalue weighted by molar-refractivity contribution is 6.32. The van der Waals surface area contributed by atoms with Crippen LogP contribution in [0.3, 0.4) is 0 Å². The number of aliphatic hydroxyl groups excluding tert-OH is 1. The Hall–Kier alpha value is -6.91. The number of aliphatic hydroxyl groups is 2. The number of phenols is 2. The first-order valence-corrected chi connectivity index (χ1v) is 26.8. The third kappa shape index (κ3) is 12.4. The summed E-state index contributed by atoms with van der Waals surface area (Å²) in [5.41, 5.74) is 0.675. The Kier molecular flexibility index (Phi) is 18.4. The number of phenolic OH excluding ortho intramolecular Hbond substituents is 2. The van der Waals surface area contributed by atoms with Crippen molar-refractivity contribution >= 4 is 58.6 Å². The summed E-state index contributed by atoms with van der Waals surface area (Å²) in [4.78, 5) is 123. The van der Waals surface area contributed by atoms with Gasteiger partial charge in [-0.05, 0) is 57.6 Å². The van der Waals surface area contributed by atoms with Crippen molar-refractivity contribution in [2.24, 2.45) is 11.7 Å². The average Bonchev–Trinajstić information content (AvgIpc) is 3.96. The van der Waals surface area contributed by atoms with Gasteiger partial charge in [-0.25, -0.2) is 4.79 Å². The number of primary amides is 1. The number of fused-ring (bicyclic) bond motifs is 6. The fourth-order valence-electron chi connectivity index (χ4n) is 11.4. The van der Waals surface area contributed by atoms with Gasteiger partial charge < -0.3 is 81.3 Å². The molecule has 0 radical (unpaired) electrons. The normalized spacial score (nSPS) is 26.6. The first kappa shape index (κ1) is 59.2. The first-order chi connectivity index (χ1) is 38.0. The number of benzene rings is 2. The number of nitrogens with zero attached hydrogens (tertiary/aromatic N) is 2.